The third kappa shape index (κ3) is 8.72. The Kier molecular flexibility index (Phi) is 12.7. The molecule has 10 atom stereocenters. The number of ether oxygens (including phenoxy) is 2. The number of aliphatic carboxylic acids is 4. The number of aliphatic hydroxyl groups is 6. The van der Waals surface area contributed by atoms with E-state index in [2.05, 4.69) is 25.3 Å². The van der Waals surface area contributed by atoms with Gasteiger partial charge in [-0.3, -0.25) is 13.9 Å². The summed E-state index contributed by atoms with van der Waals surface area (Å²) >= 11 is 0. The lowest BCUT2D eigenvalue weighted by atomic mass is 10.1. The van der Waals surface area contributed by atoms with Crippen molar-refractivity contribution in [1.82, 2.24) is 34.4 Å². The molecule has 10 N–H and O–H groups in total. The zero-order chi connectivity index (χ0) is 39.3. The fraction of sp³-hybridized carbons (Fsp3) is 0.519. The highest BCUT2D eigenvalue weighted by Crippen LogP contribution is 2.33. The number of carboxylic acids is 4. The average Bonchev–Trinajstić information content (AvgIpc) is 3.84. The Morgan fingerprint density at radius 3 is 1.75 bits per heavy atom. The molecule has 26 heteroatoms. The van der Waals surface area contributed by atoms with Gasteiger partial charge in [0.25, 0.3) is 5.91 Å². The first-order valence-electron chi connectivity index (χ1n) is 15.1. The lowest BCUT2D eigenvalue weighted by Crippen LogP contribution is -2.50. The van der Waals surface area contributed by atoms with Crippen LogP contribution in [0, 0.1) is 0 Å². The summed E-state index contributed by atoms with van der Waals surface area (Å²) in [5.41, 5.74) is 5.47. The van der Waals surface area contributed by atoms with Crippen LogP contribution in [0.2, 0.25) is 0 Å². The van der Waals surface area contributed by atoms with E-state index in [0.717, 1.165) is 17.2 Å². The molecule has 2 unspecified atom stereocenters. The van der Waals surface area contributed by atoms with E-state index in [0.29, 0.717) is 0 Å². The van der Waals surface area contributed by atoms with Crippen LogP contribution in [-0.2, 0) is 28.7 Å². The van der Waals surface area contributed by atoms with Gasteiger partial charge in [0.05, 0.1) is 49.9 Å². The van der Waals surface area contributed by atoms with E-state index in [1.165, 1.54) is 10.9 Å². The highest BCUT2D eigenvalue weighted by Gasteiger charge is 2.45. The van der Waals surface area contributed by atoms with E-state index in [-0.39, 0.29) is 22.8 Å². The molecule has 290 valence electrons. The molecule has 5 rings (SSSR count). The van der Waals surface area contributed by atoms with Gasteiger partial charge in [-0.05, 0) is 0 Å². The average molecular weight is 754 g/mol. The van der Waals surface area contributed by atoms with Crippen molar-refractivity contribution in [2.24, 2.45) is 0 Å². The number of hydrogen-bond acceptors (Lipinski definition) is 23. The summed E-state index contributed by atoms with van der Waals surface area (Å²) in [6.07, 6.45) is -8.64. The molecule has 0 aliphatic carbocycles. The zero-order valence-electron chi connectivity index (χ0n) is 26.8. The first-order valence-corrected chi connectivity index (χ1v) is 15.1. The maximum absolute atomic E-state index is 12.1. The third-order valence-electron chi connectivity index (χ3n) is 7.92. The predicted octanol–water partition coefficient (Wildman–Crippen LogP) is -10.8. The number of aromatic nitrogens is 6. The maximum Gasteiger partial charge on any atom is 0.274 e. The number of nitrogens with zero attached hydrogens (tertiary/aromatic N) is 6. The van der Waals surface area contributed by atoms with E-state index in [1.54, 1.807) is 0 Å². The van der Waals surface area contributed by atoms with Crippen molar-refractivity contribution in [3.63, 3.8) is 0 Å². The van der Waals surface area contributed by atoms with Gasteiger partial charge in [-0.25, -0.2) is 19.9 Å². The first-order chi connectivity index (χ1) is 25.0. The van der Waals surface area contributed by atoms with Crippen LogP contribution in [0.25, 0.3) is 11.2 Å². The van der Waals surface area contributed by atoms with Crippen LogP contribution in [0.3, 0.4) is 0 Å². The minimum absolute atomic E-state index is 0.0693. The minimum Gasteiger partial charge on any atom is -0.550 e. The van der Waals surface area contributed by atoms with Crippen molar-refractivity contribution in [3.8, 4) is 0 Å². The number of anilines is 2. The summed E-state index contributed by atoms with van der Waals surface area (Å²) in [6.45, 7) is -1.09. The normalized spacial score (nSPS) is 26.3. The lowest BCUT2D eigenvalue weighted by molar-refractivity contribution is -0.317. The fourth-order valence-electron chi connectivity index (χ4n) is 5.22. The van der Waals surface area contributed by atoms with E-state index in [9.17, 15) is 69.9 Å². The number of amides is 1. The number of carbonyl (C=O) groups excluding carboxylic acids is 5. The molecule has 5 heterocycles. The van der Waals surface area contributed by atoms with Crippen LogP contribution in [0.5, 0.6) is 0 Å². The van der Waals surface area contributed by atoms with Crippen LogP contribution in [0.1, 0.15) is 35.8 Å². The van der Waals surface area contributed by atoms with Gasteiger partial charge in [0.15, 0.2) is 35.1 Å². The molecule has 3 aromatic heterocycles. The summed E-state index contributed by atoms with van der Waals surface area (Å²) in [5.74, 6) is -8.37. The molecule has 2 saturated heterocycles. The quantitative estimate of drug-likeness (QED) is 0.0737. The number of carbonyl (C=O) groups is 5. The van der Waals surface area contributed by atoms with Crippen molar-refractivity contribution < 1.29 is 84.5 Å². The van der Waals surface area contributed by atoms with Crippen LogP contribution >= 0.6 is 0 Å². The Hall–Kier alpha value is -5.61. The Labute approximate surface area is 294 Å². The van der Waals surface area contributed by atoms with Gasteiger partial charge < -0.3 is 96.1 Å². The molecule has 26 nitrogen and oxygen atoms in total. The number of imidazole rings is 2. The number of nitrogen functional groups attached to an aromatic ring is 1. The van der Waals surface area contributed by atoms with Crippen LogP contribution < -0.4 is 36.8 Å². The van der Waals surface area contributed by atoms with Crippen LogP contribution in [-0.4, -0.2) is 151 Å². The largest absolute Gasteiger partial charge is 0.550 e. The van der Waals surface area contributed by atoms with Crippen molar-refractivity contribution >= 4 is 52.6 Å². The molecule has 53 heavy (non-hydrogen) atoms. The van der Waals surface area contributed by atoms with Gasteiger partial charge in [-0.15, -0.1) is 0 Å². The van der Waals surface area contributed by atoms with Gasteiger partial charge in [-0.2, -0.15) is 0 Å². The van der Waals surface area contributed by atoms with E-state index in [4.69, 9.17) is 20.3 Å². The molecular formula is C27H31N9O17-4. The van der Waals surface area contributed by atoms with Crippen molar-refractivity contribution in [2.45, 2.75) is 74.0 Å². The molecule has 3 aromatic rings. The second kappa shape index (κ2) is 16.8. The Morgan fingerprint density at radius 1 is 0.755 bits per heavy atom. The smallest absolute Gasteiger partial charge is 0.274 e. The highest BCUT2D eigenvalue weighted by atomic mass is 16.6. The standard InChI is InChI=1S/C14H17N5O8.C13H18N4O9/c20-2-6-9(23)10(24)13(27-6)19-4-17-8-11(15-3-16-12(8)19)18-5(14(25)26)1-7(21)22;14-10-7(11(23)16-4(13(24)25)1-6(19)20)15-3-17(10)12-9(22)8(21)5(2-18)26-12/h3-6,9-10,13,20,23-24H,1-2H2,(H,21,22)(H,25,26)(H,15,16,18);3-5,8-9,12,18,21-22H,1-2,14H2,(H,16,23)(H,19,20)(H,24,25)/p-4/t5?,6-,9+,10+,13-;4?,5-,8+,9+,12-/m11/s1. The van der Waals surface area contributed by atoms with Crippen LogP contribution in [0.15, 0.2) is 19.0 Å². The number of aliphatic hydroxyl groups excluding tert-OH is 6. The molecule has 2 aliphatic heterocycles. The second-order valence-corrected chi connectivity index (χ2v) is 11.4. The molecule has 0 bridgehead atoms. The van der Waals surface area contributed by atoms with E-state index < -0.39 is 123 Å². The van der Waals surface area contributed by atoms with E-state index >= 15 is 0 Å². The molecule has 2 fully saturated rings. The number of nitrogens with two attached hydrogens (primary N) is 1. The number of rotatable bonds is 14. The lowest BCUT2D eigenvalue weighted by Gasteiger charge is -2.20. The van der Waals surface area contributed by atoms with E-state index in [1.807, 2.05) is 5.32 Å². The van der Waals surface area contributed by atoms with Crippen molar-refractivity contribution in [3.05, 3.63) is 24.7 Å². The fourth-order valence-corrected chi connectivity index (χ4v) is 5.22. The SMILES string of the molecule is Nc1c(C(=O)NC(CC(=O)[O-])C(=O)[O-])ncn1[C@@H]1O[C@H](CO)[C@H](O)[C@@H]1O.O=C([O-])CC(Nc1ncnc2c1ncn2[C@@H]1O[C@H](CO)[C@H](O)[C@@H]1O)C(=O)[O-]. The second-order valence-electron chi connectivity index (χ2n) is 11.4. The van der Waals surface area contributed by atoms with Gasteiger partial charge in [0.1, 0.15) is 48.8 Å². The summed E-state index contributed by atoms with van der Waals surface area (Å²) in [7, 11) is 0. The minimum atomic E-state index is -1.87. The predicted molar refractivity (Wildman–Crippen MR) is 156 cm³/mol. The molecular weight excluding hydrogens is 722 g/mol. The first kappa shape index (κ1) is 40.2. The number of hydrogen-bond donors (Lipinski definition) is 9. The Bertz CT molecular complexity index is 1820. The summed E-state index contributed by atoms with van der Waals surface area (Å²) in [5, 5.41) is 105. The third-order valence-corrected chi connectivity index (χ3v) is 7.92. The zero-order valence-corrected chi connectivity index (χ0v) is 26.8. The molecule has 0 radical (unpaired) electrons. The molecule has 0 saturated carbocycles. The number of nitrogens with one attached hydrogen (secondary N) is 2. The summed E-state index contributed by atoms with van der Waals surface area (Å²) < 4.78 is 12.9. The topological polar surface area (TPSA) is 429 Å². The Balaban J connectivity index is 0.000000237. The number of carboxylic acid groups (broad SMARTS) is 4. The molecule has 0 aromatic carbocycles. The molecule has 2 aliphatic rings. The maximum atomic E-state index is 12.1. The van der Waals surface area contributed by atoms with Crippen molar-refractivity contribution in [1.29, 1.82) is 0 Å². The molecule has 0 spiro atoms. The monoisotopic (exact) mass is 753 g/mol. The van der Waals surface area contributed by atoms with Gasteiger partial charge in [-0.1, -0.05) is 0 Å². The van der Waals surface area contributed by atoms with Gasteiger partial charge >= 0.3 is 0 Å². The van der Waals surface area contributed by atoms with Gasteiger partial charge in [0, 0.05) is 24.8 Å². The van der Waals surface area contributed by atoms with Crippen LogP contribution in [0.4, 0.5) is 11.6 Å². The van der Waals surface area contributed by atoms with Crippen molar-refractivity contribution in [2.75, 3.05) is 24.3 Å². The highest BCUT2D eigenvalue weighted by molar-refractivity contribution is 5.99. The molecule has 1 amide bonds. The Morgan fingerprint density at radius 2 is 1.26 bits per heavy atom. The summed E-state index contributed by atoms with van der Waals surface area (Å²) in [6, 6.07) is -3.49. The summed E-state index contributed by atoms with van der Waals surface area (Å²) in [4.78, 5) is 70.8. The number of fused-ring (bicyclic) bond motifs is 1. The van der Waals surface area contributed by atoms with Gasteiger partial charge in [0.2, 0.25) is 0 Å².